The summed E-state index contributed by atoms with van der Waals surface area (Å²) in [6.07, 6.45) is 6.67. The third kappa shape index (κ3) is 5.52. The first-order valence-corrected chi connectivity index (χ1v) is 8.38. The molecule has 4 aromatic rings. The second-order valence-electron chi connectivity index (χ2n) is 6.00. The molecule has 1 radical (unpaired) electrons. The number of rotatable bonds is 2. The van der Waals surface area contributed by atoms with Gasteiger partial charge >= 0.3 is 0 Å². The number of hydrogen-bond acceptors (Lipinski definition) is 5. The van der Waals surface area contributed by atoms with Crippen molar-refractivity contribution in [3.05, 3.63) is 79.0 Å². The van der Waals surface area contributed by atoms with Crippen molar-refractivity contribution in [2.24, 2.45) is 0 Å². The Bertz CT molecular complexity index is 1120. The van der Waals surface area contributed by atoms with Crippen LogP contribution in [0.5, 0.6) is 0 Å². The molecule has 143 valence electrons. The summed E-state index contributed by atoms with van der Waals surface area (Å²) in [7, 11) is 0. The van der Waals surface area contributed by atoms with Crippen molar-refractivity contribution in [1.82, 2.24) is 15.0 Å². The minimum absolute atomic E-state index is 0. The van der Waals surface area contributed by atoms with Gasteiger partial charge in [0.2, 0.25) is 0 Å². The molecular weight excluding hydrogens is 530 g/mol. The SMILES string of the molecule is CC(=O)/C=C(/C)O.[Ir].[c-]1ccccc1-c1ncc2cc3ccncc3cc2n1. The van der Waals surface area contributed by atoms with E-state index in [0.717, 1.165) is 27.2 Å². The summed E-state index contributed by atoms with van der Waals surface area (Å²) in [4.78, 5) is 23.2. The number of nitrogens with zero attached hydrogens (tertiary/aromatic N) is 3. The van der Waals surface area contributed by atoms with E-state index in [2.05, 4.69) is 27.1 Å². The number of aliphatic hydroxyl groups excluding tert-OH is 1. The zero-order chi connectivity index (χ0) is 19.2. The molecule has 2 aromatic carbocycles. The normalized spacial score (nSPS) is 10.7. The van der Waals surface area contributed by atoms with Crippen LogP contribution < -0.4 is 0 Å². The molecule has 0 aliphatic carbocycles. The van der Waals surface area contributed by atoms with Gasteiger partial charge in [0.1, 0.15) is 0 Å². The maximum absolute atomic E-state index is 10.0. The van der Waals surface area contributed by atoms with Crippen molar-refractivity contribution in [1.29, 1.82) is 0 Å². The predicted octanol–water partition coefficient (Wildman–Crippen LogP) is 4.68. The summed E-state index contributed by atoms with van der Waals surface area (Å²) in [6, 6.07) is 17.0. The molecule has 0 atom stereocenters. The Morgan fingerprint density at radius 2 is 1.89 bits per heavy atom. The molecule has 2 aromatic heterocycles. The largest absolute Gasteiger partial charge is 0.512 e. The molecule has 0 saturated carbocycles. The molecule has 0 fully saturated rings. The summed E-state index contributed by atoms with van der Waals surface area (Å²) in [5, 5.41) is 11.6. The maximum Gasteiger partial charge on any atom is 0.155 e. The summed E-state index contributed by atoms with van der Waals surface area (Å²) in [6.45, 7) is 2.85. The maximum atomic E-state index is 10.0. The number of ketones is 1. The van der Waals surface area contributed by atoms with Crippen molar-refractivity contribution in [3.8, 4) is 11.4 Å². The van der Waals surface area contributed by atoms with E-state index in [1.165, 1.54) is 19.9 Å². The second kappa shape index (κ2) is 9.83. The van der Waals surface area contributed by atoms with Crippen LogP contribution >= 0.6 is 0 Å². The first kappa shape index (κ1) is 21.4. The van der Waals surface area contributed by atoms with Crippen LogP contribution in [0.3, 0.4) is 0 Å². The van der Waals surface area contributed by atoms with Crippen LogP contribution in [0.1, 0.15) is 13.8 Å². The van der Waals surface area contributed by atoms with Crippen LogP contribution in [0, 0.1) is 6.07 Å². The van der Waals surface area contributed by atoms with E-state index in [9.17, 15) is 4.79 Å². The van der Waals surface area contributed by atoms with E-state index >= 15 is 0 Å². The summed E-state index contributed by atoms with van der Waals surface area (Å²) >= 11 is 0. The van der Waals surface area contributed by atoms with E-state index in [0.29, 0.717) is 5.82 Å². The number of hydrogen-bond donors (Lipinski definition) is 1. The van der Waals surface area contributed by atoms with Gasteiger partial charge in [-0.15, -0.1) is 35.9 Å². The fourth-order valence-corrected chi connectivity index (χ4v) is 2.57. The van der Waals surface area contributed by atoms with Gasteiger partial charge in [-0.1, -0.05) is 0 Å². The summed E-state index contributed by atoms with van der Waals surface area (Å²) in [5.41, 5.74) is 1.83. The van der Waals surface area contributed by atoms with E-state index < -0.39 is 0 Å². The number of carbonyl (C=O) groups is 1. The molecule has 0 unspecified atom stereocenters. The summed E-state index contributed by atoms with van der Waals surface area (Å²) in [5.74, 6) is 0.633. The number of carbonyl (C=O) groups excluding carboxylic acids is 1. The first-order valence-electron chi connectivity index (χ1n) is 8.38. The van der Waals surface area contributed by atoms with Gasteiger partial charge in [-0.3, -0.25) is 19.7 Å². The van der Waals surface area contributed by atoms with E-state index in [1.54, 1.807) is 6.20 Å². The number of benzene rings is 2. The van der Waals surface area contributed by atoms with Crippen LogP contribution in [0.15, 0.2) is 72.9 Å². The monoisotopic (exact) mass is 549 g/mol. The molecule has 0 amide bonds. The molecule has 2 heterocycles. The number of aliphatic hydroxyl groups is 1. The van der Waals surface area contributed by atoms with Crippen LogP contribution in [0.4, 0.5) is 0 Å². The molecule has 0 bridgehead atoms. The second-order valence-corrected chi connectivity index (χ2v) is 6.00. The number of fused-ring (bicyclic) bond motifs is 2. The van der Waals surface area contributed by atoms with Gasteiger partial charge in [0, 0.05) is 55.5 Å². The topological polar surface area (TPSA) is 76.0 Å². The Morgan fingerprint density at radius 3 is 2.54 bits per heavy atom. The molecule has 4 rings (SSSR count). The van der Waals surface area contributed by atoms with Crippen molar-refractivity contribution in [2.45, 2.75) is 13.8 Å². The quantitative estimate of drug-likeness (QED) is 0.170. The molecule has 6 heteroatoms. The van der Waals surface area contributed by atoms with Crippen LogP contribution in [0.25, 0.3) is 33.1 Å². The van der Waals surface area contributed by atoms with Crippen LogP contribution in [0.2, 0.25) is 0 Å². The van der Waals surface area contributed by atoms with Gasteiger partial charge in [-0.25, -0.2) is 0 Å². The van der Waals surface area contributed by atoms with E-state index in [1.807, 2.05) is 48.8 Å². The molecule has 28 heavy (non-hydrogen) atoms. The van der Waals surface area contributed by atoms with Gasteiger partial charge in [-0.2, -0.15) is 0 Å². The standard InChI is InChI=1S/C17H10N3.C5H8O2.Ir/c1-2-4-12(5-3-1)17-19-11-15-8-13-6-7-18-10-14(13)9-16(15)20-17;1-4(6)3-5(2)7;/h1-4,6-11H;3,6H,1-2H3;/q-1;;/b;4-3-;. The smallest absolute Gasteiger partial charge is 0.155 e. The molecule has 0 saturated heterocycles. The van der Waals surface area contributed by atoms with Gasteiger partial charge in [-0.05, 0) is 37.4 Å². The molecule has 5 nitrogen and oxygen atoms in total. The van der Waals surface area contributed by atoms with Crippen molar-refractivity contribution in [3.63, 3.8) is 0 Å². The predicted molar refractivity (Wildman–Crippen MR) is 106 cm³/mol. The third-order valence-corrected chi connectivity index (χ3v) is 3.70. The number of pyridine rings is 1. The zero-order valence-electron chi connectivity index (χ0n) is 15.4. The fraction of sp³-hybridized carbons (Fsp3) is 0.0909. The third-order valence-electron chi connectivity index (χ3n) is 3.70. The Balaban J connectivity index is 0.000000306. The van der Waals surface area contributed by atoms with Crippen molar-refractivity contribution < 1.29 is 30.0 Å². The minimum atomic E-state index is -0.125. The Kier molecular flexibility index (Phi) is 7.50. The van der Waals surface area contributed by atoms with E-state index in [4.69, 9.17) is 5.11 Å². The zero-order valence-corrected chi connectivity index (χ0v) is 17.8. The van der Waals surface area contributed by atoms with Crippen molar-refractivity contribution >= 4 is 27.5 Å². The Morgan fingerprint density at radius 1 is 1.07 bits per heavy atom. The van der Waals surface area contributed by atoms with Gasteiger partial charge in [0.25, 0.3) is 0 Å². The Labute approximate surface area is 176 Å². The molecule has 0 aliphatic heterocycles. The molecule has 0 aliphatic rings. The molecular formula is C22H18IrN3O2-. The number of aromatic nitrogens is 3. The van der Waals surface area contributed by atoms with Crippen molar-refractivity contribution in [2.75, 3.05) is 0 Å². The molecule has 1 N–H and O–H groups in total. The molecule has 0 spiro atoms. The number of allylic oxidation sites excluding steroid dienone is 2. The average molecular weight is 549 g/mol. The van der Waals surface area contributed by atoms with E-state index in [-0.39, 0.29) is 31.6 Å². The Hall–Kier alpha value is -2.95. The average Bonchev–Trinajstić information content (AvgIpc) is 2.66. The minimum Gasteiger partial charge on any atom is -0.512 e. The fourth-order valence-electron chi connectivity index (χ4n) is 2.57. The van der Waals surface area contributed by atoms with Gasteiger partial charge in [0.05, 0.1) is 17.1 Å². The first-order chi connectivity index (χ1) is 13.0. The summed E-state index contributed by atoms with van der Waals surface area (Å²) < 4.78 is 0. The van der Waals surface area contributed by atoms with Crippen LogP contribution in [-0.2, 0) is 24.9 Å². The van der Waals surface area contributed by atoms with Gasteiger partial charge < -0.3 is 5.11 Å². The van der Waals surface area contributed by atoms with Gasteiger partial charge in [0.15, 0.2) is 5.78 Å². The van der Waals surface area contributed by atoms with Crippen LogP contribution in [-0.4, -0.2) is 25.8 Å².